The predicted octanol–water partition coefficient (Wildman–Crippen LogP) is 2.15. The molecule has 3 amide bonds. The summed E-state index contributed by atoms with van der Waals surface area (Å²) >= 11 is 0. The fourth-order valence-corrected chi connectivity index (χ4v) is 8.52. The number of anilines is 3. The summed E-state index contributed by atoms with van der Waals surface area (Å²) in [6.45, 7) is -0.0550. The van der Waals surface area contributed by atoms with Gasteiger partial charge in [-0.05, 0) is 80.1 Å². The number of nitrogens with zero attached hydrogens (tertiary/aromatic N) is 2. The first-order valence-corrected chi connectivity index (χ1v) is 18.1. The second-order valence-electron chi connectivity index (χ2n) is 11.3. The Labute approximate surface area is 284 Å². The Morgan fingerprint density at radius 3 is 1.69 bits per heavy atom. The van der Waals surface area contributed by atoms with Crippen LogP contribution >= 0.6 is 0 Å². The van der Waals surface area contributed by atoms with E-state index in [0.29, 0.717) is 18.0 Å². The summed E-state index contributed by atoms with van der Waals surface area (Å²) in [7, 11) is -7.38. The molecule has 1 fully saturated rings. The van der Waals surface area contributed by atoms with Crippen molar-refractivity contribution in [2.75, 3.05) is 47.2 Å². The van der Waals surface area contributed by atoms with Crippen LogP contribution in [-0.4, -0.2) is 67.8 Å². The maximum atomic E-state index is 14.1. The molecule has 1 heterocycles. The minimum atomic E-state index is -4.44. The smallest absolute Gasteiger partial charge is 0.264 e. The molecule has 258 valence electrons. The van der Waals surface area contributed by atoms with Gasteiger partial charge in [0, 0.05) is 23.0 Å². The number of sulfonamides is 2. The van der Waals surface area contributed by atoms with E-state index < -0.39 is 45.0 Å². The van der Waals surface area contributed by atoms with Crippen molar-refractivity contribution >= 4 is 65.6 Å². The zero-order valence-electron chi connectivity index (χ0n) is 26.5. The average molecular weight is 709 g/mol. The number of hydrogen-bond acceptors (Lipinski definition) is 9. The Morgan fingerprint density at radius 2 is 1.27 bits per heavy atom. The van der Waals surface area contributed by atoms with Crippen molar-refractivity contribution in [3.8, 4) is 5.75 Å². The zero-order chi connectivity index (χ0) is 35.3. The number of benzene rings is 4. The standard InChI is InChI=1S/C33H36N6O8S2/c1-47-24-10-14-26(15-11-24)49(45,46)39(21-32(35)41)30-17-16-29(27-6-2-3-7-28(27)30)38(20-31(34)40)48(43,44)25-12-8-23(9-13-25)37-33(42)22-5-4-18-36-19-22/h2-3,6-17,22,36H,4-5,18-21H2,1H3,(H2,34,40)(H2,35,41)(H,37,42)/t22-/m1/s1. The molecule has 4 aromatic carbocycles. The molecule has 1 saturated heterocycles. The molecule has 0 aliphatic carbocycles. The number of hydrogen-bond donors (Lipinski definition) is 4. The molecule has 49 heavy (non-hydrogen) atoms. The summed E-state index contributed by atoms with van der Waals surface area (Å²) in [5.74, 6) is -1.84. The first-order chi connectivity index (χ1) is 23.3. The molecule has 1 atom stereocenters. The Balaban J connectivity index is 1.55. The van der Waals surface area contributed by atoms with E-state index in [4.69, 9.17) is 16.2 Å². The highest BCUT2D eigenvalue weighted by Crippen LogP contribution is 2.38. The van der Waals surface area contributed by atoms with Gasteiger partial charge in [-0.2, -0.15) is 0 Å². The molecule has 1 aliphatic rings. The maximum Gasteiger partial charge on any atom is 0.264 e. The van der Waals surface area contributed by atoms with Crippen molar-refractivity contribution in [2.45, 2.75) is 22.6 Å². The largest absolute Gasteiger partial charge is 0.497 e. The first kappa shape index (κ1) is 35.1. The fraction of sp³-hybridized carbons (Fsp3) is 0.242. The second kappa shape index (κ2) is 14.5. The van der Waals surface area contributed by atoms with E-state index in [2.05, 4.69) is 10.6 Å². The predicted molar refractivity (Wildman–Crippen MR) is 185 cm³/mol. The van der Waals surface area contributed by atoms with Gasteiger partial charge in [0.05, 0.1) is 34.2 Å². The van der Waals surface area contributed by atoms with E-state index in [1.54, 1.807) is 24.3 Å². The minimum absolute atomic E-state index is 0.0289. The van der Waals surface area contributed by atoms with Crippen LogP contribution < -0.4 is 35.4 Å². The summed E-state index contributed by atoms with van der Waals surface area (Å²) in [5, 5.41) is 6.49. The molecule has 16 heteroatoms. The van der Waals surface area contributed by atoms with Gasteiger partial charge in [0.1, 0.15) is 18.8 Å². The molecule has 14 nitrogen and oxygen atoms in total. The number of nitrogens with one attached hydrogen (secondary N) is 2. The number of primary amides is 2. The third-order valence-electron chi connectivity index (χ3n) is 8.04. The monoisotopic (exact) mass is 708 g/mol. The maximum absolute atomic E-state index is 14.1. The topological polar surface area (TPSA) is 211 Å². The number of rotatable bonds is 13. The fourth-order valence-electron chi connectivity index (χ4n) is 5.62. The Bertz CT molecular complexity index is 2080. The van der Waals surface area contributed by atoms with Gasteiger partial charge in [0.2, 0.25) is 17.7 Å². The van der Waals surface area contributed by atoms with Crippen molar-refractivity contribution in [3.05, 3.63) is 84.9 Å². The highest BCUT2D eigenvalue weighted by atomic mass is 32.2. The molecular formula is C33H36N6O8S2. The van der Waals surface area contributed by atoms with E-state index in [-0.39, 0.29) is 43.8 Å². The number of carbonyl (C=O) groups excluding carboxylic acids is 3. The molecule has 0 radical (unpaired) electrons. The second-order valence-corrected chi connectivity index (χ2v) is 15.1. The van der Waals surface area contributed by atoms with Crippen LogP contribution in [0, 0.1) is 5.92 Å². The van der Waals surface area contributed by atoms with Gasteiger partial charge in [0.25, 0.3) is 20.0 Å². The molecule has 0 unspecified atom stereocenters. The van der Waals surface area contributed by atoms with Gasteiger partial charge in [-0.25, -0.2) is 16.8 Å². The van der Waals surface area contributed by atoms with Crippen LogP contribution in [0.4, 0.5) is 17.1 Å². The Kier molecular flexibility index (Phi) is 10.4. The lowest BCUT2D eigenvalue weighted by Crippen LogP contribution is -2.39. The molecular weight excluding hydrogens is 673 g/mol. The van der Waals surface area contributed by atoms with Crippen molar-refractivity contribution in [3.63, 3.8) is 0 Å². The van der Waals surface area contributed by atoms with Crippen LogP contribution in [0.1, 0.15) is 12.8 Å². The number of amides is 3. The Hall–Kier alpha value is -5.19. The van der Waals surface area contributed by atoms with E-state index in [1.165, 1.54) is 67.8 Å². The van der Waals surface area contributed by atoms with Gasteiger partial charge >= 0.3 is 0 Å². The molecule has 0 bridgehead atoms. The van der Waals surface area contributed by atoms with Gasteiger partial charge in [-0.3, -0.25) is 23.0 Å². The zero-order valence-corrected chi connectivity index (χ0v) is 28.2. The van der Waals surface area contributed by atoms with Crippen LogP contribution in [0.15, 0.2) is 94.7 Å². The van der Waals surface area contributed by atoms with Crippen molar-refractivity contribution in [2.24, 2.45) is 17.4 Å². The molecule has 0 aromatic heterocycles. The normalized spacial score (nSPS) is 14.9. The lowest BCUT2D eigenvalue weighted by Gasteiger charge is -2.28. The number of carbonyl (C=O) groups is 3. The highest BCUT2D eigenvalue weighted by Gasteiger charge is 2.32. The summed E-state index contributed by atoms with van der Waals surface area (Å²) in [6, 6.07) is 20.1. The van der Waals surface area contributed by atoms with Gasteiger partial charge < -0.3 is 26.8 Å². The van der Waals surface area contributed by atoms with Crippen molar-refractivity contribution in [1.82, 2.24) is 5.32 Å². The number of piperidine rings is 1. The molecule has 4 aromatic rings. The van der Waals surface area contributed by atoms with Crippen LogP contribution in [0.2, 0.25) is 0 Å². The van der Waals surface area contributed by atoms with E-state index >= 15 is 0 Å². The SMILES string of the molecule is COc1ccc(S(=O)(=O)N(CC(N)=O)c2ccc(N(CC(N)=O)S(=O)(=O)c3ccc(NC(=O)[C@@H]4CCCNC4)cc3)c3ccccc23)cc1. The van der Waals surface area contributed by atoms with Gasteiger partial charge in [-0.15, -0.1) is 0 Å². The molecule has 0 saturated carbocycles. The van der Waals surface area contributed by atoms with E-state index in [1.807, 2.05) is 0 Å². The third-order valence-corrected chi connectivity index (χ3v) is 11.6. The first-order valence-electron chi connectivity index (χ1n) is 15.2. The average Bonchev–Trinajstić information content (AvgIpc) is 3.09. The molecule has 6 N–H and O–H groups in total. The molecule has 1 aliphatic heterocycles. The van der Waals surface area contributed by atoms with Crippen molar-refractivity contribution in [1.29, 1.82) is 0 Å². The van der Waals surface area contributed by atoms with Gasteiger partial charge in [-0.1, -0.05) is 24.3 Å². The lowest BCUT2D eigenvalue weighted by atomic mass is 9.99. The number of nitrogens with two attached hydrogens (primary N) is 2. The van der Waals surface area contributed by atoms with Crippen LogP contribution in [0.5, 0.6) is 5.75 Å². The number of ether oxygens (including phenoxy) is 1. The molecule has 5 rings (SSSR count). The van der Waals surface area contributed by atoms with Crippen molar-refractivity contribution < 1.29 is 36.0 Å². The molecule has 0 spiro atoms. The quantitative estimate of drug-likeness (QED) is 0.160. The van der Waals surface area contributed by atoms with Gasteiger partial charge in [0.15, 0.2) is 0 Å². The van der Waals surface area contributed by atoms with E-state index in [0.717, 1.165) is 28.0 Å². The summed E-state index contributed by atoms with van der Waals surface area (Å²) in [6.07, 6.45) is 1.62. The Morgan fingerprint density at radius 1 is 0.776 bits per heavy atom. The lowest BCUT2D eigenvalue weighted by molar-refractivity contribution is -0.120. The number of fused-ring (bicyclic) bond motifs is 1. The third kappa shape index (κ3) is 7.61. The minimum Gasteiger partial charge on any atom is -0.497 e. The number of methoxy groups -OCH3 is 1. The van der Waals surface area contributed by atoms with E-state index in [9.17, 15) is 31.2 Å². The van der Waals surface area contributed by atoms with Crippen LogP contribution in [0.3, 0.4) is 0 Å². The summed E-state index contributed by atoms with van der Waals surface area (Å²) < 4.78 is 62.8. The van der Waals surface area contributed by atoms with Crippen LogP contribution in [-0.2, 0) is 34.4 Å². The summed E-state index contributed by atoms with van der Waals surface area (Å²) in [5.41, 5.74) is 11.5. The highest BCUT2D eigenvalue weighted by molar-refractivity contribution is 7.93. The summed E-state index contributed by atoms with van der Waals surface area (Å²) in [4.78, 5) is 36.8. The van der Waals surface area contributed by atoms with Crippen LogP contribution in [0.25, 0.3) is 10.8 Å².